The van der Waals surface area contributed by atoms with Crippen LogP contribution in [-0.4, -0.2) is 42.2 Å². The number of rotatable bonds is 10. The molecule has 0 spiro atoms. The first-order valence-corrected chi connectivity index (χ1v) is 7.95. The first-order valence-electron chi connectivity index (χ1n) is 6.02. The van der Waals surface area contributed by atoms with Gasteiger partial charge in [0.1, 0.15) is 0 Å². The van der Waals surface area contributed by atoms with E-state index in [0.717, 1.165) is 25.3 Å². The summed E-state index contributed by atoms with van der Waals surface area (Å²) in [5, 5.41) is 0. The summed E-state index contributed by atoms with van der Waals surface area (Å²) >= 11 is 0. The first kappa shape index (κ1) is 17.3. The second kappa shape index (κ2) is 9.27. The Morgan fingerprint density at radius 1 is 1.22 bits per heavy atom. The largest absolute Gasteiger partial charge is 0.500 e. The van der Waals surface area contributed by atoms with E-state index in [1.807, 2.05) is 6.92 Å². The molecular weight excluding hydrogens is 252 g/mol. The van der Waals surface area contributed by atoms with Crippen molar-refractivity contribution in [1.82, 2.24) is 0 Å². The third-order valence-corrected chi connectivity index (χ3v) is 5.59. The summed E-state index contributed by atoms with van der Waals surface area (Å²) in [7, 11) is 2.36. The molecule has 18 heavy (non-hydrogen) atoms. The van der Waals surface area contributed by atoms with Gasteiger partial charge in [-0.05, 0) is 26.2 Å². The number of hydrogen-bond donors (Lipinski definition) is 0. The zero-order valence-corrected chi connectivity index (χ0v) is 12.7. The Labute approximate surface area is 110 Å². The van der Waals surface area contributed by atoms with Gasteiger partial charge in [-0.3, -0.25) is 0 Å². The lowest BCUT2D eigenvalue weighted by Crippen LogP contribution is -2.42. The fourth-order valence-electron chi connectivity index (χ4n) is 1.63. The molecule has 1 unspecified atom stereocenters. The van der Waals surface area contributed by atoms with Crippen LogP contribution in [0.1, 0.15) is 26.2 Å². The molecule has 0 radical (unpaired) electrons. The molecule has 0 N–H and O–H groups in total. The van der Waals surface area contributed by atoms with E-state index in [-0.39, 0.29) is 12.1 Å². The Morgan fingerprint density at radius 2 is 1.78 bits per heavy atom. The van der Waals surface area contributed by atoms with Crippen LogP contribution < -0.4 is 0 Å². The highest BCUT2D eigenvalue weighted by Gasteiger charge is 2.36. The molecular formula is C12H24O5Si. The molecule has 0 aromatic carbocycles. The maximum atomic E-state index is 11.0. The molecule has 6 heteroatoms. The van der Waals surface area contributed by atoms with E-state index in [4.69, 9.17) is 18.0 Å². The van der Waals surface area contributed by atoms with Crippen LogP contribution in [0.5, 0.6) is 0 Å². The summed E-state index contributed by atoms with van der Waals surface area (Å²) in [4.78, 5) is 11.0. The summed E-state index contributed by atoms with van der Waals surface area (Å²) in [6.07, 6.45) is 3.73. The van der Waals surface area contributed by atoms with E-state index < -0.39 is 8.80 Å². The van der Waals surface area contributed by atoms with Crippen LogP contribution in [0.2, 0.25) is 6.04 Å². The molecule has 0 aromatic heterocycles. The lowest BCUT2D eigenvalue weighted by Gasteiger charge is -2.24. The smallest absolute Gasteiger partial charge is 0.460 e. The Bertz CT molecular complexity index is 245. The molecule has 0 amide bonds. The van der Waals surface area contributed by atoms with Crippen LogP contribution >= 0.6 is 0 Å². The van der Waals surface area contributed by atoms with E-state index >= 15 is 0 Å². The monoisotopic (exact) mass is 276 g/mol. The van der Waals surface area contributed by atoms with Crippen LogP contribution in [0.15, 0.2) is 12.7 Å². The number of ether oxygens (including phenoxy) is 1. The average molecular weight is 276 g/mol. The lowest BCUT2D eigenvalue weighted by atomic mass is 10.2. The maximum absolute atomic E-state index is 11.0. The lowest BCUT2D eigenvalue weighted by molar-refractivity contribution is -0.142. The predicted molar refractivity (Wildman–Crippen MR) is 71.2 cm³/mol. The van der Waals surface area contributed by atoms with E-state index in [1.54, 1.807) is 21.3 Å². The van der Waals surface area contributed by atoms with Crippen molar-refractivity contribution in [3.8, 4) is 0 Å². The Hall–Kier alpha value is -0.693. The average Bonchev–Trinajstić information content (AvgIpc) is 2.39. The molecule has 1 atom stereocenters. The second-order valence-corrected chi connectivity index (χ2v) is 7.08. The fourth-order valence-corrected chi connectivity index (χ4v) is 3.43. The summed E-state index contributed by atoms with van der Waals surface area (Å²) in [6.45, 7) is 5.23. The molecule has 0 aliphatic rings. The number of unbranched alkanes of at least 4 members (excludes halogenated alkanes) is 1. The summed E-state index contributed by atoms with van der Waals surface area (Å²) < 4.78 is 21.0. The van der Waals surface area contributed by atoms with E-state index in [1.165, 1.54) is 6.08 Å². The van der Waals surface area contributed by atoms with E-state index in [0.29, 0.717) is 0 Å². The van der Waals surface area contributed by atoms with Gasteiger partial charge in [0.15, 0.2) is 0 Å². The second-order valence-electron chi connectivity index (χ2n) is 3.99. The van der Waals surface area contributed by atoms with Crippen molar-refractivity contribution in [2.45, 2.75) is 38.3 Å². The van der Waals surface area contributed by atoms with Gasteiger partial charge in [0, 0.05) is 33.4 Å². The SMILES string of the molecule is C=CC(=O)OC(C)CCCC[Si](OC)(OC)OC. The molecule has 0 saturated carbocycles. The minimum Gasteiger partial charge on any atom is -0.460 e. The predicted octanol–water partition coefficient (Wildman–Crippen LogP) is 2.15. The van der Waals surface area contributed by atoms with Crippen LogP contribution in [0, 0.1) is 0 Å². The number of esters is 1. The van der Waals surface area contributed by atoms with Crippen molar-refractivity contribution in [1.29, 1.82) is 0 Å². The molecule has 0 heterocycles. The topological polar surface area (TPSA) is 54.0 Å². The number of hydrogen-bond acceptors (Lipinski definition) is 5. The van der Waals surface area contributed by atoms with Crippen molar-refractivity contribution in [3.05, 3.63) is 12.7 Å². The summed E-state index contributed by atoms with van der Waals surface area (Å²) in [5.41, 5.74) is 0. The molecule has 0 bridgehead atoms. The quantitative estimate of drug-likeness (QED) is 0.265. The normalized spacial score (nSPS) is 13.1. The molecule has 0 rings (SSSR count). The van der Waals surface area contributed by atoms with E-state index in [2.05, 4.69) is 6.58 Å². The van der Waals surface area contributed by atoms with Crippen molar-refractivity contribution < 1.29 is 22.8 Å². The third-order valence-electron chi connectivity index (χ3n) is 2.76. The highest BCUT2D eigenvalue weighted by atomic mass is 28.4. The summed E-state index contributed by atoms with van der Waals surface area (Å²) in [6, 6.07) is 0.763. The molecule has 0 aromatic rings. The summed E-state index contributed by atoms with van der Waals surface area (Å²) in [5.74, 6) is -0.378. The zero-order chi connectivity index (χ0) is 14.0. The van der Waals surface area contributed by atoms with Crippen LogP contribution in [0.3, 0.4) is 0 Å². The van der Waals surface area contributed by atoms with Gasteiger partial charge >= 0.3 is 14.8 Å². The highest BCUT2D eigenvalue weighted by Crippen LogP contribution is 2.18. The first-order chi connectivity index (χ1) is 8.53. The van der Waals surface area contributed by atoms with Crippen molar-refractivity contribution in [3.63, 3.8) is 0 Å². The molecule has 5 nitrogen and oxygen atoms in total. The molecule has 0 aliphatic heterocycles. The Morgan fingerprint density at radius 3 is 2.22 bits per heavy atom. The van der Waals surface area contributed by atoms with Crippen molar-refractivity contribution >= 4 is 14.8 Å². The van der Waals surface area contributed by atoms with Crippen molar-refractivity contribution in [2.75, 3.05) is 21.3 Å². The van der Waals surface area contributed by atoms with Gasteiger partial charge in [-0.2, -0.15) is 0 Å². The highest BCUT2D eigenvalue weighted by molar-refractivity contribution is 6.60. The van der Waals surface area contributed by atoms with Crippen molar-refractivity contribution in [2.24, 2.45) is 0 Å². The fraction of sp³-hybridized carbons (Fsp3) is 0.750. The van der Waals surface area contributed by atoms with Gasteiger partial charge in [-0.25, -0.2) is 4.79 Å². The Kier molecular flexibility index (Phi) is 8.91. The van der Waals surface area contributed by atoms with Gasteiger partial charge in [-0.15, -0.1) is 0 Å². The molecule has 0 aliphatic carbocycles. The van der Waals surface area contributed by atoms with Gasteiger partial charge in [-0.1, -0.05) is 6.58 Å². The standard InChI is InChI=1S/C12H24O5Si/c1-6-12(13)17-11(2)9-7-8-10-18(14-3,15-4)16-5/h6,11H,1,7-10H2,2-5H3. The maximum Gasteiger partial charge on any atom is 0.500 e. The van der Waals surface area contributed by atoms with Crippen LogP contribution in [0.25, 0.3) is 0 Å². The van der Waals surface area contributed by atoms with Gasteiger partial charge in [0.2, 0.25) is 0 Å². The zero-order valence-electron chi connectivity index (χ0n) is 11.7. The molecule has 0 saturated heterocycles. The van der Waals surface area contributed by atoms with Crippen LogP contribution in [0.4, 0.5) is 0 Å². The van der Waals surface area contributed by atoms with E-state index in [9.17, 15) is 4.79 Å². The Balaban J connectivity index is 3.84. The van der Waals surface area contributed by atoms with Crippen LogP contribution in [-0.2, 0) is 22.8 Å². The van der Waals surface area contributed by atoms with Gasteiger partial charge < -0.3 is 18.0 Å². The minimum atomic E-state index is -2.45. The van der Waals surface area contributed by atoms with Gasteiger partial charge in [0.05, 0.1) is 6.10 Å². The number of carbonyl (C=O) groups is 1. The molecule has 0 fully saturated rings. The number of carbonyl (C=O) groups excluding carboxylic acids is 1. The molecule has 106 valence electrons. The van der Waals surface area contributed by atoms with Gasteiger partial charge in [0.25, 0.3) is 0 Å². The third kappa shape index (κ3) is 6.30. The minimum absolute atomic E-state index is 0.0980.